The van der Waals surface area contributed by atoms with Crippen LogP contribution in [0.2, 0.25) is 5.02 Å². The van der Waals surface area contributed by atoms with Gasteiger partial charge in [-0.1, -0.05) is 23.7 Å². The van der Waals surface area contributed by atoms with Crippen molar-refractivity contribution in [2.24, 2.45) is 0 Å². The van der Waals surface area contributed by atoms with Crippen molar-refractivity contribution in [3.63, 3.8) is 0 Å². The molecule has 28 heavy (non-hydrogen) atoms. The van der Waals surface area contributed by atoms with Crippen molar-refractivity contribution in [3.8, 4) is 0 Å². The molecule has 0 fully saturated rings. The largest absolute Gasteiger partial charge is 0.452 e. The quantitative estimate of drug-likeness (QED) is 0.524. The lowest BCUT2D eigenvalue weighted by atomic mass is 10.1. The van der Waals surface area contributed by atoms with E-state index in [2.05, 4.69) is 5.32 Å². The number of esters is 1. The van der Waals surface area contributed by atoms with Crippen molar-refractivity contribution in [2.45, 2.75) is 10.6 Å². The molecule has 0 aliphatic heterocycles. The van der Waals surface area contributed by atoms with Gasteiger partial charge in [-0.3, -0.25) is 9.59 Å². The third-order valence-corrected chi connectivity index (χ3v) is 4.99. The second kappa shape index (κ2) is 10.7. The minimum absolute atomic E-state index is 0.138. The molecule has 0 radical (unpaired) electrons. The van der Waals surface area contributed by atoms with Crippen molar-refractivity contribution < 1.29 is 19.1 Å². The highest BCUT2D eigenvalue weighted by Crippen LogP contribution is 2.24. The van der Waals surface area contributed by atoms with Crippen LogP contribution in [0.25, 0.3) is 0 Å². The number of nitrogens with zero attached hydrogens (tertiary/aromatic N) is 1. The highest BCUT2D eigenvalue weighted by molar-refractivity contribution is 7.98. The Morgan fingerprint density at radius 3 is 2.50 bits per heavy atom. The number of nitrogens with one attached hydrogen (secondary N) is 1. The number of rotatable bonds is 8. The highest BCUT2D eigenvalue weighted by Gasteiger charge is 2.12. The van der Waals surface area contributed by atoms with Crippen LogP contribution >= 0.6 is 23.4 Å². The number of halogens is 1. The molecule has 148 valence electrons. The van der Waals surface area contributed by atoms with Crippen molar-refractivity contribution in [3.05, 3.63) is 64.7 Å². The molecule has 1 N–H and O–H groups in total. The topological polar surface area (TPSA) is 75.7 Å². The van der Waals surface area contributed by atoms with Gasteiger partial charge in [0, 0.05) is 29.8 Å². The SMILES string of the molecule is CN(C)C(=O)CNC(=O)COC(=O)c1cccc(CSc2ccc(Cl)cc2)c1. The van der Waals surface area contributed by atoms with E-state index in [9.17, 15) is 14.4 Å². The first-order chi connectivity index (χ1) is 13.3. The molecule has 2 rings (SSSR count). The van der Waals surface area contributed by atoms with Crippen molar-refractivity contribution >= 4 is 41.1 Å². The molecule has 0 spiro atoms. The molecule has 0 heterocycles. The number of hydrogen-bond acceptors (Lipinski definition) is 5. The maximum absolute atomic E-state index is 12.2. The maximum atomic E-state index is 12.2. The highest BCUT2D eigenvalue weighted by atomic mass is 35.5. The first-order valence-corrected chi connectivity index (χ1v) is 9.83. The molecule has 0 aliphatic rings. The summed E-state index contributed by atoms with van der Waals surface area (Å²) in [7, 11) is 3.18. The molecule has 2 aromatic carbocycles. The van der Waals surface area contributed by atoms with Crippen molar-refractivity contribution in [1.82, 2.24) is 10.2 Å². The van der Waals surface area contributed by atoms with E-state index in [1.807, 2.05) is 30.3 Å². The smallest absolute Gasteiger partial charge is 0.338 e. The van der Waals surface area contributed by atoms with E-state index < -0.39 is 18.5 Å². The molecule has 6 nitrogen and oxygen atoms in total. The van der Waals surface area contributed by atoms with E-state index in [1.54, 1.807) is 44.1 Å². The van der Waals surface area contributed by atoms with E-state index in [-0.39, 0.29) is 12.5 Å². The lowest BCUT2D eigenvalue weighted by molar-refractivity contribution is -0.131. The molecule has 2 amide bonds. The fourth-order valence-corrected chi connectivity index (χ4v) is 3.05. The minimum Gasteiger partial charge on any atom is -0.452 e. The molecule has 2 aromatic rings. The molecule has 0 aromatic heterocycles. The van der Waals surface area contributed by atoms with Gasteiger partial charge in [0.2, 0.25) is 5.91 Å². The molecule has 0 saturated heterocycles. The fourth-order valence-electron chi connectivity index (χ4n) is 2.08. The van der Waals surface area contributed by atoms with E-state index in [0.717, 1.165) is 10.5 Å². The second-order valence-corrected chi connectivity index (χ2v) is 7.57. The summed E-state index contributed by atoms with van der Waals surface area (Å²) >= 11 is 7.50. The number of thioether (sulfide) groups is 1. The second-order valence-electron chi connectivity index (χ2n) is 6.08. The molecule has 0 saturated carbocycles. The summed E-state index contributed by atoms with van der Waals surface area (Å²) in [6.45, 7) is -0.579. The van der Waals surface area contributed by atoms with E-state index in [1.165, 1.54) is 4.90 Å². The van der Waals surface area contributed by atoms with Gasteiger partial charge in [0.05, 0.1) is 12.1 Å². The van der Waals surface area contributed by atoms with Crippen molar-refractivity contribution in [2.75, 3.05) is 27.2 Å². The predicted octanol–water partition coefficient (Wildman–Crippen LogP) is 2.99. The average molecular weight is 421 g/mol. The number of ether oxygens (including phenoxy) is 1. The lowest BCUT2D eigenvalue weighted by Crippen LogP contribution is -2.38. The predicted molar refractivity (Wildman–Crippen MR) is 109 cm³/mol. The van der Waals surface area contributed by atoms with Crippen LogP contribution in [0.3, 0.4) is 0 Å². The number of carbonyl (C=O) groups is 3. The minimum atomic E-state index is -0.590. The van der Waals surface area contributed by atoms with Gasteiger partial charge in [0.15, 0.2) is 6.61 Å². The van der Waals surface area contributed by atoms with Crippen LogP contribution in [-0.4, -0.2) is 49.9 Å². The zero-order valence-electron chi connectivity index (χ0n) is 15.6. The normalized spacial score (nSPS) is 10.2. The molecule has 0 aliphatic carbocycles. The Labute approximate surface area is 173 Å². The summed E-state index contributed by atoms with van der Waals surface area (Å²) in [6.07, 6.45) is 0. The molecule has 0 atom stereocenters. The molecule has 0 bridgehead atoms. The van der Waals surface area contributed by atoms with Crippen LogP contribution in [-0.2, 0) is 20.1 Å². The van der Waals surface area contributed by atoms with Crippen LogP contribution in [0.15, 0.2) is 53.4 Å². The van der Waals surface area contributed by atoms with Gasteiger partial charge < -0.3 is 15.0 Å². The van der Waals surface area contributed by atoms with Gasteiger partial charge in [0.1, 0.15) is 0 Å². The monoisotopic (exact) mass is 420 g/mol. The van der Waals surface area contributed by atoms with E-state index in [0.29, 0.717) is 16.3 Å². The average Bonchev–Trinajstić information content (AvgIpc) is 2.69. The van der Waals surface area contributed by atoms with Gasteiger partial charge in [-0.15, -0.1) is 11.8 Å². The van der Waals surface area contributed by atoms with Crippen LogP contribution in [0.4, 0.5) is 0 Å². The summed E-state index contributed by atoms with van der Waals surface area (Å²) in [5, 5.41) is 3.09. The number of hydrogen-bond donors (Lipinski definition) is 1. The lowest BCUT2D eigenvalue weighted by Gasteiger charge is -2.11. The summed E-state index contributed by atoms with van der Waals surface area (Å²) in [5.74, 6) is -0.688. The number of amides is 2. The summed E-state index contributed by atoms with van der Waals surface area (Å²) < 4.78 is 5.02. The zero-order chi connectivity index (χ0) is 20.5. The number of carbonyl (C=O) groups excluding carboxylic acids is 3. The fraction of sp³-hybridized carbons (Fsp3) is 0.250. The van der Waals surface area contributed by atoms with E-state index in [4.69, 9.17) is 16.3 Å². The molecule has 8 heteroatoms. The summed E-state index contributed by atoms with van der Waals surface area (Å²) in [4.78, 5) is 37.7. The summed E-state index contributed by atoms with van der Waals surface area (Å²) in [6, 6.07) is 14.6. The van der Waals surface area contributed by atoms with Gasteiger partial charge in [0.25, 0.3) is 5.91 Å². The number of benzene rings is 2. The van der Waals surface area contributed by atoms with Gasteiger partial charge in [-0.05, 0) is 42.0 Å². The Bertz CT molecular complexity index is 840. The molecular formula is C20H21ClN2O4S. The number of likely N-dealkylation sites (N-methyl/N-ethyl adjacent to an activating group) is 1. The summed E-state index contributed by atoms with van der Waals surface area (Å²) in [5.41, 5.74) is 1.32. The first kappa shape index (κ1) is 21.8. The molecule has 0 unspecified atom stereocenters. The van der Waals surface area contributed by atoms with Crippen LogP contribution in [0, 0.1) is 0 Å². The Morgan fingerprint density at radius 2 is 1.82 bits per heavy atom. The van der Waals surface area contributed by atoms with Gasteiger partial charge in [-0.25, -0.2) is 4.79 Å². The molecular weight excluding hydrogens is 400 g/mol. The zero-order valence-corrected chi connectivity index (χ0v) is 17.2. The standard InChI is InChI=1S/C20H21ClN2O4S/c1-23(2)19(25)11-22-18(24)12-27-20(26)15-5-3-4-14(10-15)13-28-17-8-6-16(21)7-9-17/h3-10H,11-13H2,1-2H3,(H,22,24). The van der Waals surface area contributed by atoms with Crippen LogP contribution in [0.5, 0.6) is 0 Å². The Hall–Kier alpha value is -2.51. The van der Waals surface area contributed by atoms with Crippen molar-refractivity contribution in [1.29, 1.82) is 0 Å². The maximum Gasteiger partial charge on any atom is 0.338 e. The Morgan fingerprint density at radius 1 is 1.11 bits per heavy atom. The third kappa shape index (κ3) is 7.25. The Balaban J connectivity index is 1.83. The van der Waals surface area contributed by atoms with Crippen LogP contribution < -0.4 is 5.32 Å². The van der Waals surface area contributed by atoms with E-state index >= 15 is 0 Å². The van der Waals surface area contributed by atoms with Crippen LogP contribution in [0.1, 0.15) is 15.9 Å². The first-order valence-electron chi connectivity index (χ1n) is 8.46. The Kier molecular flexibility index (Phi) is 8.35. The van der Waals surface area contributed by atoms with Gasteiger partial charge >= 0.3 is 5.97 Å². The third-order valence-electron chi connectivity index (χ3n) is 3.65. The van der Waals surface area contributed by atoms with Gasteiger partial charge in [-0.2, -0.15) is 0 Å².